The van der Waals surface area contributed by atoms with Crippen LogP contribution in [0.2, 0.25) is 0 Å². The number of carbonyl (C=O) groups is 1. The smallest absolute Gasteiger partial charge is 0.255 e. The number of aryl methyl sites for hydroxylation is 1. The summed E-state index contributed by atoms with van der Waals surface area (Å²) in [6.45, 7) is 1.97. The van der Waals surface area contributed by atoms with Gasteiger partial charge in [-0.05, 0) is 48.9 Å². The van der Waals surface area contributed by atoms with E-state index in [0.29, 0.717) is 5.56 Å². The van der Waals surface area contributed by atoms with Crippen LogP contribution in [0.15, 0.2) is 54.7 Å². The Hall–Kier alpha value is -3.23. The Morgan fingerprint density at radius 3 is 2.79 bits per heavy atom. The van der Waals surface area contributed by atoms with Crippen molar-refractivity contribution in [2.24, 2.45) is 0 Å². The van der Waals surface area contributed by atoms with E-state index in [1.807, 2.05) is 43.3 Å². The molecule has 5 rings (SSSR count). The maximum absolute atomic E-state index is 12.7. The summed E-state index contributed by atoms with van der Waals surface area (Å²) < 4.78 is 8.37. The minimum atomic E-state index is -0.180. The second-order valence-corrected chi connectivity index (χ2v) is 7.80. The molecule has 0 aliphatic heterocycles. The maximum atomic E-state index is 12.7. The number of nitrogens with one attached hydrogen (secondary N) is 1. The van der Waals surface area contributed by atoms with Gasteiger partial charge in [0.1, 0.15) is 26.4 Å². The Labute approximate surface area is 168 Å². The molecule has 0 atom stereocenters. The zero-order valence-electron chi connectivity index (χ0n) is 14.7. The van der Waals surface area contributed by atoms with Gasteiger partial charge in [0, 0.05) is 23.0 Å². The predicted molar refractivity (Wildman–Crippen MR) is 113 cm³/mol. The summed E-state index contributed by atoms with van der Waals surface area (Å²) in [6.07, 6.45) is 1.76. The molecule has 0 fully saturated rings. The van der Waals surface area contributed by atoms with Crippen molar-refractivity contribution in [3.8, 4) is 10.6 Å². The van der Waals surface area contributed by atoms with Crippen LogP contribution in [-0.2, 0) is 0 Å². The largest absolute Gasteiger partial charge is 0.322 e. The summed E-state index contributed by atoms with van der Waals surface area (Å²) in [5.74, 6) is -0.180. The molecule has 6 nitrogen and oxygen atoms in total. The molecule has 136 valence electrons. The average Bonchev–Trinajstić information content (AvgIpc) is 3.35. The van der Waals surface area contributed by atoms with Crippen molar-refractivity contribution in [1.82, 2.24) is 18.7 Å². The minimum absolute atomic E-state index is 0.180. The van der Waals surface area contributed by atoms with Gasteiger partial charge < -0.3 is 5.32 Å². The molecular formula is C20H13N5OS2. The molecule has 28 heavy (non-hydrogen) atoms. The molecule has 5 aromatic rings. The number of carbonyl (C=O) groups excluding carboxylic acids is 1. The van der Waals surface area contributed by atoms with E-state index in [-0.39, 0.29) is 5.91 Å². The molecule has 8 heteroatoms. The highest BCUT2D eigenvalue weighted by Gasteiger charge is 2.13. The van der Waals surface area contributed by atoms with Crippen LogP contribution in [-0.4, -0.2) is 24.6 Å². The van der Waals surface area contributed by atoms with E-state index in [1.54, 1.807) is 18.3 Å². The molecule has 2 aromatic carbocycles. The number of amides is 1. The van der Waals surface area contributed by atoms with Crippen LogP contribution in [0.5, 0.6) is 0 Å². The summed E-state index contributed by atoms with van der Waals surface area (Å²) in [4.78, 5) is 22.6. The van der Waals surface area contributed by atoms with Gasteiger partial charge in [-0.25, -0.2) is 9.97 Å². The number of anilines is 1. The zero-order valence-corrected chi connectivity index (χ0v) is 16.3. The number of nitrogens with zero attached hydrogens (tertiary/aromatic N) is 4. The molecule has 0 bridgehead atoms. The van der Waals surface area contributed by atoms with Crippen LogP contribution in [0.1, 0.15) is 15.9 Å². The summed E-state index contributed by atoms with van der Waals surface area (Å²) in [5, 5.41) is 3.88. The maximum Gasteiger partial charge on any atom is 0.255 e. The summed E-state index contributed by atoms with van der Waals surface area (Å²) in [5.41, 5.74) is 5.63. The summed E-state index contributed by atoms with van der Waals surface area (Å²) in [7, 11) is 0. The Kier molecular flexibility index (Phi) is 4.07. The predicted octanol–water partition coefficient (Wildman–Crippen LogP) is 4.92. The highest BCUT2D eigenvalue weighted by Crippen LogP contribution is 2.31. The molecule has 3 aromatic heterocycles. The van der Waals surface area contributed by atoms with Gasteiger partial charge in [0.25, 0.3) is 5.91 Å². The van der Waals surface area contributed by atoms with Crippen molar-refractivity contribution in [1.29, 1.82) is 0 Å². The quantitative estimate of drug-likeness (QED) is 0.462. The van der Waals surface area contributed by atoms with Crippen LogP contribution in [0.4, 0.5) is 5.69 Å². The van der Waals surface area contributed by atoms with Crippen LogP contribution >= 0.6 is 23.1 Å². The third-order valence-electron chi connectivity index (χ3n) is 4.42. The van der Waals surface area contributed by atoms with Gasteiger partial charge in [-0.1, -0.05) is 23.5 Å². The van der Waals surface area contributed by atoms with E-state index < -0.39 is 0 Å². The second kappa shape index (κ2) is 6.74. The number of aromatic nitrogens is 4. The van der Waals surface area contributed by atoms with Crippen LogP contribution in [0.25, 0.3) is 32.0 Å². The normalized spacial score (nSPS) is 11.2. The third-order valence-corrected chi connectivity index (χ3v) is 6.00. The number of thiazole rings is 1. The lowest BCUT2D eigenvalue weighted by molar-refractivity contribution is 0.102. The Bertz CT molecular complexity index is 1310. The second-order valence-electron chi connectivity index (χ2n) is 6.30. The average molecular weight is 403 g/mol. The molecule has 3 heterocycles. The van der Waals surface area contributed by atoms with Crippen molar-refractivity contribution in [2.45, 2.75) is 6.92 Å². The molecule has 0 unspecified atom stereocenters. The number of benzene rings is 2. The van der Waals surface area contributed by atoms with E-state index >= 15 is 0 Å². The van der Waals surface area contributed by atoms with E-state index in [2.05, 4.69) is 24.0 Å². The lowest BCUT2D eigenvalue weighted by Crippen LogP contribution is -2.12. The Balaban J connectivity index is 1.47. The van der Waals surface area contributed by atoms with Crippen LogP contribution in [0.3, 0.4) is 0 Å². The van der Waals surface area contributed by atoms with Crippen molar-refractivity contribution < 1.29 is 4.79 Å². The topological polar surface area (TPSA) is 80.7 Å². The fraction of sp³-hybridized carbons (Fsp3) is 0.0500. The van der Waals surface area contributed by atoms with E-state index in [1.165, 1.54) is 11.3 Å². The SMILES string of the molecule is Cc1ccc(-c2nc3cccnc3s2)cc1NC(=O)c1ccc2nsnc2c1. The number of hydrogen-bond donors (Lipinski definition) is 1. The molecule has 0 aliphatic rings. The summed E-state index contributed by atoms with van der Waals surface area (Å²) >= 11 is 2.67. The minimum Gasteiger partial charge on any atom is -0.322 e. The monoisotopic (exact) mass is 403 g/mol. The molecule has 0 spiro atoms. The van der Waals surface area contributed by atoms with Gasteiger partial charge in [-0.2, -0.15) is 8.75 Å². The van der Waals surface area contributed by atoms with Crippen molar-refractivity contribution in [2.75, 3.05) is 5.32 Å². The van der Waals surface area contributed by atoms with Crippen molar-refractivity contribution >= 4 is 56.0 Å². The highest BCUT2D eigenvalue weighted by molar-refractivity contribution is 7.21. The first-order chi connectivity index (χ1) is 13.7. The molecule has 0 radical (unpaired) electrons. The van der Waals surface area contributed by atoms with E-state index in [9.17, 15) is 4.79 Å². The van der Waals surface area contributed by atoms with Crippen LogP contribution in [0, 0.1) is 6.92 Å². The number of pyridine rings is 1. The van der Waals surface area contributed by atoms with Crippen molar-refractivity contribution in [3.63, 3.8) is 0 Å². The standard InChI is InChI=1S/C20H13N5OS2/c1-11-4-5-13(19-23-15-3-2-8-21-20(15)27-19)10-16(11)22-18(26)12-6-7-14-17(9-12)25-28-24-14/h2-10H,1H3,(H,22,26). The highest BCUT2D eigenvalue weighted by atomic mass is 32.1. The van der Waals surface area contributed by atoms with Gasteiger partial charge in [0.15, 0.2) is 0 Å². The summed E-state index contributed by atoms with van der Waals surface area (Å²) in [6, 6.07) is 15.1. The van der Waals surface area contributed by atoms with E-state index in [4.69, 9.17) is 0 Å². The third kappa shape index (κ3) is 3.02. The first-order valence-corrected chi connectivity index (χ1v) is 10.1. The fourth-order valence-corrected chi connectivity index (χ4v) is 4.32. The zero-order chi connectivity index (χ0) is 19.1. The Morgan fingerprint density at radius 1 is 1.00 bits per heavy atom. The molecule has 0 aliphatic carbocycles. The number of rotatable bonds is 3. The van der Waals surface area contributed by atoms with Crippen molar-refractivity contribution in [3.05, 3.63) is 65.9 Å². The van der Waals surface area contributed by atoms with Gasteiger partial charge >= 0.3 is 0 Å². The van der Waals surface area contributed by atoms with Gasteiger partial charge in [-0.3, -0.25) is 4.79 Å². The Morgan fingerprint density at radius 2 is 1.89 bits per heavy atom. The van der Waals surface area contributed by atoms with Gasteiger partial charge in [0.2, 0.25) is 0 Å². The lowest BCUT2D eigenvalue weighted by atomic mass is 10.1. The molecule has 1 amide bonds. The molecule has 1 N–H and O–H groups in total. The number of hydrogen-bond acceptors (Lipinski definition) is 7. The first kappa shape index (κ1) is 16.9. The molecular weight excluding hydrogens is 390 g/mol. The van der Waals surface area contributed by atoms with E-state index in [0.717, 1.165) is 54.9 Å². The molecule has 0 saturated heterocycles. The van der Waals surface area contributed by atoms with Gasteiger partial charge in [0.05, 0.1) is 11.7 Å². The lowest BCUT2D eigenvalue weighted by Gasteiger charge is -2.10. The van der Waals surface area contributed by atoms with Gasteiger partial charge in [-0.15, -0.1) is 0 Å². The van der Waals surface area contributed by atoms with Crippen LogP contribution < -0.4 is 5.32 Å². The molecule has 0 saturated carbocycles. The first-order valence-electron chi connectivity index (χ1n) is 8.54. The fourth-order valence-electron chi connectivity index (χ4n) is 2.90. The number of fused-ring (bicyclic) bond motifs is 2.